The second-order valence-electron chi connectivity index (χ2n) is 8.26. The quantitative estimate of drug-likeness (QED) is 0.289. The summed E-state index contributed by atoms with van der Waals surface area (Å²) < 4.78 is 1.92. The van der Waals surface area contributed by atoms with E-state index in [1.54, 1.807) is 0 Å². The minimum atomic E-state index is -0.121. The molecule has 0 fully saturated rings. The van der Waals surface area contributed by atoms with Crippen LogP contribution in [0.4, 0.5) is 10.8 Å². The number of hydrogen-bond donors (Lipinski definition) is 1. The fourth-order valence-electron chi connectivity index (χ4n) is 3.75. The SMILES string of the molecule is CCN(CC)c1ccc(-c2nnc(SCC(=O)Nc3nc(-c4ccc(C)c(C)c4)cs3)n2C)cc1. The molecule has 2 heterocycles. The lowest BCUT2D eigenvalue weighted by atomic mass is 10.1. The van der Waals surface area contributed by atoms with Crippen LogP contribution in [0, 0.1) is 13.8 Å². The summed E-state index contributed by atoms with van der Waals surface area (Å²) in [5.41, 5.74) is 6.57. The van der Waals surface area contributed by atoms with Crippen LogP contribution in [0.3, 0.4) is 0 Å². The van der Waals surface area contributed by atoms with Gasteiger partial charge in [0.2, 0.25) is 5.91 Å². The number of amides is 1. The molecule has 0 saturated carbocycles. The van der Waals surface area contributed by atoms with Crippen molar-refractivity contribution in [3.63, 3.8) is 0 Å². The van der Waals surface area contributed by atoms with E-state index in [1.165, 1.54) is 39.9 Å². The predicted octanol–water partition coefficient (Wildman–Crippen LogP) is 5.80. The smallest absolute Gasteiger partial charge is 0.236 e. The van der Waals surface area contributed by atoms with Gasteiger partial charge in [0, 0.05) is 42.3 Å². The van der Waals surface area contributed by atoms with Crippen molar-refractivity contribution in [3.8, 4) is 22.6 Å². The van der Waals surface area contributed by atoms with Crippen molar-refractivity contribution in [1.82, 2.24) is 19.7 Å². The van der Waals surface area contributed by atoms with E-state index in [4.69, 9.17) is 0 Å². The molecule has 0 spiro atoms. The molecule has 0 aliphatic rings. The van der Waals surface area contributed by atoms with Gasteiger partial charge in [-0.2, -0.15) is 0 Å². The number of hydrogen-bond acceptors (Lipinski definition) is 7. The zero-order valence-electron chi connectivity index (χ0n) is 20.7. The van der Waals surface area contributed by atoms with E-state index in [-0.39, 0.29) is 11.7 Å². The summed E-state index contributed by atoms with van der Waals surface area (Å²) in [6, 6.07) is 14.6. The van der Waals surface area contributed by atoms with Crippen molar-refractivity contribution < 1.29 is 4.79 Å². The normalized spacial score (nSPS) is 11.0. The lowest BCUT2D eigenvalue weighted by Crippen LogP contribution is -2.21. The van der Waals surface area contributed by atoms with E-state index in [9.17, 15) is 4.79 Å². The average Bonchev–Trinajstić information content (AvgIpc) is 3.47. The Labute approximate surface area is 214 Å². The number of nitrogens with one attached hydrogen (secondary N) is 1. The van der Waals surface area contributed by atoms with Crippen LogP contribution < -0.4 is 10.2 Å². The maximum absolute atomic E-state index is 12.5. The third-order valence-corrected chi connectivity index (χ3v) is 7.75. The Morgan fingerprint density at radius 3 is 2.43 bits per heavy atom. The number of aromatic nitrogens is 4. The molecule has 0 bridgehead atoms. The molecular formula is C26H30N6OS2. The molecule has 2 aromatic heterocycles. The first kappa shape index (κ1) is 24.9. The number of carbonyl (C=O) groups excluding carboxylic acids is 1. The highest BCUT2D eigenvalue weighted by atomic mass is 32.2. The first-order valence-corrected chi connectivity index (χ1v) is 13.5. The van der Waals surface area contributed by atoms with Crippen LogP contribution in [0.2, 0.25) is 0 Å². The molecule has 0 aliphatic carbocycles. The molecule has 2 aromatic carbocycles. The van der Waals surface area contributed by atoms with E-state index in [1.807, 2.05) is 17.0 Å². The molecule has 1 amide bonds. The first-order chi connectivity index (χ1) is 16.9. The minimum absolute atomic E-state index is 0.121. The van der Waals surface area contributed by atoms with Gasteiger partial charge in [-0.3, -0.25) is 4.79 Å². The Morgan fingerprint density at radius 2 is 1.74 bits per heavy atom. The number of anilines is 2. The van der Waals surface area contributed by atoms with Gasteiger partial charge in [0.15, 0.2) is 16.1 Å². The summed E-state index contributed by atoms with van der Waals surface area (Å²) >= 11 is 2.78. The van der Waals surface area contributed by atoms with E-state index >= 15 is 0 Å². The van der Waals surface area contributed by atoms with E-state index in [2.05, 4.69) is 95.6 Å². The van der Waals surface area contributed by atoms with Crippen molar-refractivity contribution in [3.05, 3.63) is 59.0 Å². The van der Waals surface area contributed by atoms with E-state index < -0.39 is 0 Å². The van der Waals surface area contributed by atoms with Crippen LogP contribution in [-0.4, -0.2) is 44.5 Å². The predicted molar refractivity (Wildman–Crippen MR) is 146 cm³/mol. The maximum atomic E-state index is 12.5. The van der Waals surface area contributed by atoms with Crippen molar-refractivity contribution in [1.29, 1.82) is 0 Å². The van der Waals surface area contributed by atoms with Gasteiger partial charge in [-0.25, -0.2) is 4.98 Å². The van der Waals surface area contributed by atoms with Crippen molar-refractivity contribution >= 4 is 39.8 Å². The minimum Gasteiger partial charge on any atom is -0.372 e. The molecular weight excluding hydrogens is 476 g/mol. The van der Waals surface area contributed by atoms with Crippen molar-refractivity contribution in [2.45, 2.75) is 32.9 Å². The summed E-state index contributed by atoms with van der Waals surface area (Å²) in [4.78, 5) is 19.4. The second kappa shape index (κ2) is 11.0. The zero-order chi connectivity index (χ0) is 24.9. The summed E-state index contributed by atoms with van der Waals surface area (Å²) in [6.45, 7) is 10.4. The largest absolute Gasteiger partial charge is 0.372 e. The number of thioether (sulfide) groups is 1. The first-order valence-electron chi connectivity index (χ1n) is 11.6. The summed E-state index contributed by atoms with van der Waals surface area (Å²) in [6.07, 6.45) is 0. The summed E-state index contributed by atoms with van der Waals surface area (Å²) in [5.74, 6) is 0.881. The Kier molecular flexibility index (Phi) is 7.87. The van der Waals surface area contributed by atoms with Crippen LogP contribution in [0.15, 0.2) is 53.0 Å². The average molecular weight is 507 g/mol. The van der Waals surface area contributed by atoms with Crippen LogP contribution in [0.25, 0.3) is 22.6 Å². The number of rotatable bonds is 9. The van der Waals surface area contributed by atoms with Crippen LogP contribution in [0.5, 0.6) is 0 Å². The Hall–Kier alpha value is -3.17. The number of nitrogens with zero attached hydrogens (tertiary/aromatic N) is 5. The fraction of sp³-hybridized carbons (Fsp3) is 0.308. The van der Waals surface area contributed by atoms with Crippen LogP contribution >= 0.6 is 23.1 Å². The number of benzene rings is 2. The monoisotopic (exact) mass is 506 g/mol. The number of aryl methyl sites for hydroxylation is 2. The molecule has 0 saturated heterocycles. The van der Waals surface area contributed by atoms with Gasteiger partial charge in [0.05, 0.1) is 11.4 Å². The van der Waals surface area contributed by atoms with Crippen LogP contribution in [-0.2, 0) is 11.8 Å². The molecule has 0 aliphatic heterocycles. The highest BCUT2D eigenvalue weighted by molar-refractivity contribution is 7.99. The molecule has 0 radical (unpaired) electrons. The number of carbonyl (C=O) groups is 1. The number of thiazole rings is 1. The summed E-state index contributed by atoms with van der Waals surface area (Å²) in [7, 11) is 1.92. The Morgan fingerprint density at radius 1 is 1.03 bits per heavy atom. The summed E-state index contributed by atoms with van der Waals surface area (Å²) in [5, 5.41) is 14.8. The standard InChI is InChI=1S/C26H30N6OS2/c1-6-32(7-2)21-12-10-19(11-13-21)24-29-30-26(31(24)5)35-16-23(33)28-25-27-22(15-34-25)20-9-8-17(3)18(4)14-20/h8-15H,6-7,16H2,1-5H3,(H,27,28,33). The lowest BCUT2D eigenvalue weighted by molar-refractivity contribution is -0.113. The van der Waals surface area contributed by atoms with Gasteiger partial charge in [-0.1, -0.05) is 23.9 Å². The molecule has 0 atom stereocenters. The molecule has 4 aromatic rings. The van der Waals surface area contributed by atoms with Gasteiger partial charge < -0.3 is 14.8 Å². The van der Waals surface area contributed by atoms with Crippen molar-refractivity contribution in [2.75, 3.05) is 29.1 Å². The third kappa shape index (κ3) is 5.74. The molecule has 7 nitrogen and oxygen atoms in total. The highest BCUT2D eigenvalue weighted by Crippen LogP contribution is 2.28. The second-order valence-corrected chi connectivity index (χ2v) is 10.1. The Bertz CT molecular complexity index is 1310. The van der Waals surface area contributed by atoms with Crippen LogP contribution in [0.1, 0.15) is 25.0 Å². The highest BCUT2D eigenvalue weighted by Gasteiger charge is 2.15. The van der Waals surface area contributed by atoms with Gasteiger partial charge in [0.1, 0.15) is 0 Å². The third-order valence-electron chi connectivity index (χ3n) is 5.97. The molecule has 1 N–H and O–H groups in total. The van der Waals surface area contributed by atoms with Gasteiger partial charge in [0.25, 0.3) is 0 Å². The fourth-order valence-corrected chi connectivity index (χ4v) is 5.20. The van der Waals surface area contributed by atoms with Gasteiger partial charge in [-0.15, -0.1) is 21.5 Å². The lowest BCUT2D eigenvalue weighted by Gasteiger charge is -2.21. The molecule has 35 heavy (non-hydrogen) atoms. The van der Waals surface area contributed by atoms with Crippen molar-refractivity contribution in [2.24, 2.45) is 7.05 Å². The maximum Gasteiger partial charge on any atom is 0.236 e. The molecule has 182 valence electrons. The molecule has 0 unspecified atom stereocenters. The van der Waals surface area contributed by atoms with E-state index in [0.717, 1.165) is 35.7 Å². The molecule has 9 heteroatoms. The van der Waals surface area contributed by atoms with Gasteiger partial charge in [-0.05, 0) is 69.2 Å². The topological polar surface area (TPSA) is 75.9 Å². The molecule has 4 rings (SSSR count). The Balaban J connectivity index is 1.36. The van der Waals surface area contributed by atoms with Gasteiger partial charge >= 0.3 is 0 Å². The zero-order valence-corrected chi connectivity index (χ0v) is 22.3. The van der Waals surface area contributed by atoms with E-state index in [0.29, 0.717) is 10.3 Å².